The van der Waals surface area contributed by atoms with Crippen LogP contribution in [0.15, 0.2) is 36.5 Å². The highest BCUT2D eigenvalue weighted by atomic mass is 19.4. The minimum atomic E-state index is -4.42. The van der Waals surface area contributed by atoms with Gasteiger partial charge in [0.05, 0.1) is 5.56 Å². The van der Waals surface area contributed by atoms with E-state index in [0.717, 1.165) is 12.3 Å². The molecule has 0 aliphatic heterocycles. The number of nitrogens with one attached hydrogen (secondary N) is 2. The molecule has 1 aromatic heterocycles. The van der Waals surface area contributed by atoms with Gasteiger partial charge >= 0.3 is 6.18 Å². The number of pyridine rings is 1. The first-order valence-electron chi connectivity index (χ1n) is 9.60. The minimum absolute atomic E-state index is 0.0175. The van der Waals surface area contributed by atoms with E-state index in [2.05, 4.69) is 15.6 Å². The van der Waals surface area contributed by atoms with Crippen molar-refractivity contribution in [2.75, 3.05) is 11.9 Å². The molecule has 5 nitrogen and oxygen atoms in total. The normalized spacial score (nSPS) is 20.9. The van der Waals surface area contributed by atoms with E-state index in [1.807, 2.05) is 13.8 Å². The topological polar surface area (TPSA) is 63.2 Å². The van der Waals surface area contributed by atoms with Gasteiger partial charge in [0, 0.05) is 23.8 Å². The zero-order chi connectivity index (χ0) is 21.9. The molecule has 0 unspecified atom stereocenters. The highest BCUT2D eigenvalue weighted by Gasteiger charge is 2.41. The zero-order valence-corrected chi connectivity index (χ0v) is 16.6. The quantitative estimate of drug-likeness (QED) is 0.649. The van der Waals surface area contributed by atoms with E-state index in [4.69, 9.17) is 4.74 Å². The molecule has 1 aromatic carbocycles. The van der Waals surface area contributed by atoms with Crippen molar-refractivity contribution < 1.29 is 27.1 Å². The molecule has 1 fully saturated rings. The summed E-state index contributed by atoms with van der Waals surface area (Å²) < 4.78 is 56.9. The van der Waals surface area contributed by atoms with Crippen LogP contribution < -0.4 is 15.4 Å². The fraction of sp³-hybridized carbons (Fsp3) is 0.429. The van der Waals surface area contributed by atoms with E-state index < -0.39 is 17.3 Å². The summed E-state index contributed by atoms with van der Waals surface area (Å²) in [4.78, 5) is 15.9. The average Bonchev–Trinajstić information content (AvgIpc) is 2.65. The van der Waals surface area contributed by atoms with Gasteiger partial charge in [-0.1, -0.05) is 13.0 Å². The Labute approximate surface area is 171 Å². The number of aromatic nitrogens is 1. The van der Waals surface area contributed by atoms with Crippen molar-refractivity contribution in [3.63, 3.8) is 0 Å². The Bertz CT molecular complexity index is 894. The van der Waals surface area contributed by atoms with Crippen molar-refractivity contribution in [2.24, 2.45) is 0 Å². The lowest BCUT2D eigenvalue weighted by Crippen LogP contribution is -2.60. The van der Waals surface area contributed by atoms with Crippen LogP contribution in [-0.2, 0) is 17.4 Å². The number of amides is 1. The number of rotatable bonds is 7. The van der Waals surface area contributed by atoms with Crippen molar-refractivity contribution in [3.05, 3.63) is 53.5 Å². The first-order chi connectivity index (χ1) is 14.1. The number of nitrogens with zero attached hydrogens (tertiary/aromatic N) is 1. The van der Waals surface area contributed by atoms with Gasteiger partial charge in [0.15, 0.2) is 6.61 Å². The second kappa shape index (κ2) is 8.49. The lowest BCUT2D eigenvalue weighted by molar-refractivity contribution is -0.137. The predicted molar refractivity (Wildman–Crippen MR) is 104 cm³/mol. The Balaban J connectivity index is 1.43. The van der Waals surface area contributed by atoms with E-state index >= 15 is 0 Å². The number of carbonyl (C=O) groups excluding carboxylic acids is 1. The molecule has 30 heavy (non-hydrogen) atoms. The number of carbonyl (C=O) groups is 1. The van der Waals surface area contributed by atoms with Crippen LogP contribution in [0.4, 0.5) is 23.4 Å². The van der Waals surface area contributed by atoms with E-state index in [1.54, 1.807) is 12.1 Å². The molecule has 0 saturated heterocycles. The maximum absolute atomic E-state index is 13.8. The lowest BCUT2D eigenvalue weighted by Gasteiger charge is -2.46. The minimum Gasteiger partial charge on any atom is -0.484 e. The van der Waals surface area contributed by atoms with Gasteiger partial charge in [-0.2, -0.15) is 13.2 Å². The number of hydrogen-bond donors (Lipinski definition) is 2. The Morgan fingerprint density at radius 3 is 2.57 bits per heavy atom. The standard InChI is InChI=1S/C21H23F4N3O2/c1-3-13-4-6-16(8-17(13)22)30-12-19(29)28-20(2)9-15(10-20)27-18-7-5-14(11-26-18)21(23,24)25/h4-8,11,15H,3,9-10,12H2,1-2H3,(H,26,27)(H,28,29). The Kier molecular flexibility index (Phi) is 6.19. The summed E-state index contributed by atoms with van der Waals surface area (Å²) >= 11 is 0. The lowest BCUT2D eigenvalue weighted by atomic mass is 9.74. The molecule has 0 spiro atoms. The van der Waals surface area contributed by atoms with Crippen LogP contribution in [0.25, 0.3) is 0 Å². The zero-order valence-electron chi connectivity index (χ0n) is 16.6. The van der Waals surface area contributed by atoms with Crippen LogP contribution in [0.2, 0.25) is 0 Å². The first-order valence-corrected chi connectivity index (χ1v) is 9.60. The molecule has 162 valence electrons. The van der Waals surface area contributed by atoms with Crippen molar-refractivity contribution >= 4 is 11.7 Å². The Morgan fingerprint density at radius 1 is 1.27 bits per heavy atom. The van der Waals surface area contributed by atoms with Gasteiger partial charge in [0.2, 0.25) is 0 Å². The summed E-state index contributed by atoms with van der Waals surface area (Å²) in [6.07, 6.45) is -1.89. The van der Waals surface area contributed by atoms with Crippen LogP contribution in [0.5, 0.6) is 5.75 Å². The SMILES string of the molecule is CCc1ccc(OCC(=O)NC2(C)CC(Nc3ccc(C(F)(F)F)cn3)C2)cc1F. The third kappa shape index (κ3) is 5.40. The number of benzene rings is 1. The summed E-state index contributed by atoms with van der Waals surface area (Å²) in [5.41, 5.74) is -0.681. The molecule has 2 N–H and O–H groups in total. The highest BCUT2D eigenvalue weighted by Crippen LogP contribution is 2.34. The molecule has 3 rings (SSSR count). The van der Waals surface area contributed by atoms with Crippen molar-refractivity contribution in [2.45, 2.75) is 50.9 Å². The second-order valence-electron chi connectivity index (χ2n) is 7.68. The Morgan fingerprint density at radius 2 is 2.00 bits per heavy atom. The molecule has 1 saturated carbocycles. The molecule has 0 atom stereocenters. The van der Waals surface area contributed by atoms with Gasteiger partial charge in [0.1, 0.15) is 17.4 Å². The van der Waals surface area contributed by atoms with Gasteiger partial charge in [-0.3, -0.25) is 4.79 Å². The van der Waals surface area contributed by atoms with E-state index in [9.17, 15) is 22.4 Å². The van der Waals surface area contributed by atoms with Gasteiger partial charge in [0.25, 0.3) is 5.91 Å². The van der Waals surface area contributed by atoms with E-state index in [0.29, 0.717) is 30.6 Å². The summed E-state index contributed by atoms with van der Waals surface area (Å²) in [6.45, 7) is 3.49. The average molecular weight is 425 g/mol. The predicted octanol–water partition coefficient (Wildman–Crippen LogP) is 4.33. The summed E-state index contributed by atoms with van der Waals surface area (Å²) in [5.74, 6) is -0.0652. The van der Waals surface area contributed by atoms with Gasteiger partial charge in [-0.25, -0.2) is 9.37 Å². The number of anilines is 1. The number of hydrogen-bond acceptors (Lipinski definition) is 4. The molecular formula is C21H23F4N3O2. The number of halogens is 4. The van der Waals surface area contributed by atoms with Crippen LogP contribution in [0.3, 0.4) is 0 Å². The smallest absolute Gasteiger partial charge is 0.417 e. The fourth-order valence-electron chi connectivity index (χ4n) is 3.51. The van der Waals surface area contributed by atoms with Crippen molar-refractivity contribution in [1.29, 1.82) is 0 Å². The van der Waals surface area contributed by atoms with Crippen LogP contribution in [0.1, 0.15) is 37.8 Å². The summed E-state index contributed by atoms with van der Waals surface area (Å²) in [5, 5.41) is 5.94. The largest absolute Gasteiger partial charge is 0.484 e. The van der Waals surface area contributed by atoms with Crippen molar-refractivity contribution in [3.8, 4) is 5.75 Å². The van der Waals surface area contributed by atoms with Gasteiger partial charge in [-0.15, -0.1) is 0 Å². The molecule has 1 heterocycles. The summed E-state index contributed by atoms with van der Waals surface area (Å²) in [7, 11) is 0. The molecule has 0 bridgehead atoms. The van der Waals surface area contributed by atoms with Gasteiger partial charge < -0.3 is 15.4 Å². The third-order valence-corrected chi connectivity index (χ3v) is 5.05. The van der Waals surface area contributed by atoms with E-state index in [1.165, 1.54) is 12.1 Å². The number of alkyl halides is 3. The first kappa shape index (κ1) is 21.9. The molecule has 1 aliphatic carbocycles. The molecule has 1 aliphatic rings. The summed E-state index contributed by atoms with van der Waals surface area (Å²) in [6, 6.07) is 6.75. The fourth-order valence-corrected chi connectivity index (χ4v) is 3.51. The maximum atomic E-state index is 13.8. The molecular weight excluding hydrogens is 402 g/mol. The second-order valence-corrected chi connectivity index (χ2v) is 7.68. The van der Waals surface area contributed by atoms with Gasteiger partial charge in [-0.05, 0) is 49.9 Å². The van der Waals surface area contributed by atoms with Crippen LogP contribution in [-0.4, -0.2) is 29.1 Å². The molecule has 1 amide bonds. The maximum Gasteiger partial charge on any atom is 0.417 e. The highest BCUT2D eigenvalue weighted by molar-refractivity contribution is 5.78. The molecule has 2 aromatic rings. The Hall–Kier alpha value is -2.84. The molecule has 0 radical (unpaired) electrons. The monoisotopic (exact) mass is 425 g/mol. The van der Waals surface area contributed by atoms with Crippen molar-refractivity contribution in [1.82, 2.24) is 10.3 Å². The molecule has 9 heteroatoms. The number of aryl methyl sites for hydroxylation is 1. The van der Waals surface area contributed by atoms with Crippen LogP contribution in [0, 0.1) is 5.82 Å². The number of ether oxygens (including phenoxy) is 1. The third-order valence-electron chi connectivity index (χ3n) is 5.05. The van der Waals surface area contributed by atoms with E-state index in [-0.39, 0.29) is 30.1 Å². The van der Waals surface area contributed by atoms with Crippen LogP contribution >= 0.6 is 0 Å².